The van der Waals surface area contributed by atoms with Gasteiger partial charge in [-0.3, -0.25) is 4.79 Å². The van der Waals surface area contributed by atoms with Crippen LogP contribution in [0.15, 0.2) is 11.1 Å². The summed E-state index contributed by atoms with van der Waals surface area (Å²) in [7, 11) is 0. The average Bonchev–Trinajstić information content (AvgIpc) is 2.18. The zero-order chi connectivity index (χ0) is 9.26. The number of hydrogen-bond donors (Lipinski definition) is 1. The number of hydrogen-bond acceptors (Lipinski definition) is 3. The van der Waals surface area contributed by atoms with Crippen LogP contribution >= 0.6 is 0 Å². The SMILES string of the molecule is CCN1CCCc2c1nc[nH]c2=O. The van der Waals surface area contributed by atoms with Crippen LogP contribution in [0.3, 0.4) is 0 Å². The van der Waals surface area contributed by atoms with Crippen molar-refractivity contribution in [3.63, 3.8) is 0 Å². The highest BCUT2D eigenvalue weighted by atomic mass is 16.1. The van der Waals surface area contributed by atoms with Gasteiger partial charge in [-0.1, -0.05) is 0 Å². The maximum Gasteiger partial charge on any atom is 0.256 e. The number of aromatic amines is 1. The Morgan fingerprint density at radius 3 is 3.31 bits per heavy atom. The van der Waals surface area contributed by atoms with E-state index in [1.165, 1.54) is 6.33 Å². The first-order chi connectivity index (χ1) is 6.33. The molecule has 0 atom stereocenters. The number of rotatable bonds is 1. The topological polar surface area (TPSA) is 49.0 Å². The summed E-state index contributed by atoms with van der Waals surface area (Å²) < 4.78 is 0. The largest absolute Gasteiger partial charge is 0.356 e. The highest BCUT2D eigenvalue weighted by molar-refractivity contribution is 5.47. The summed E-state index contributed by atoms with van der Waals surface area (Å²) in [5.41, 5.74) is 0.860. The molecule has 0 spiro atoms. The Hall–Kier alpha value is -1.32. The van der Waals surface area contributed by atoms with E-state index in [9.17, 15) is 4.79 Å². The molecule has 0 aliphatic carbocycles. The molecule has 4 heteroatoms. The minimum atomic E-state index is 0.0168. The Balaban J connectivity index is 2.51. The van der Waals surface area contributed by atoms with Crippen LogP contribution in [0.1, 0.15) is 18.9 Å². The summed E-state index contributed by atoms with van der Waals surface area (Å²) in [5, 5.41) is 0. The van der Waals surface area contributed by atoms with E-state index < -0.39 is 0 Å². The molecular formula is C9H13N3O. The molecule has 0 fully saturated rings. The van der Waals surface area contributed by atoms with E-state index in [0.29, 0.717) is 0 Å². The van der Waals surface area contributed by atoms with Gasteiger partial charge < -0.3 is 9.88 Å². The van der Waals surface area contributed by atoms with Crippen LogP contribution in [0.25, 0.3) is 0 Å². The van der Waals surface area contributed by atoms with Crippen molar-refractivity contribution in [2.75, 3.05) is 18.0 Å². The Kier molecular flexibility index (Phi) is 2.04. The fourth-order valence-corrected chi connectivity index (χ4v) is 1.78. The molecular weight excluding hydrogens is 166 g/mol. The highest BCUT2D eigenvalue weighted by Crippen LogP contribution is 2.19. The molecule has 0 radical (unpaired) electrons. The fourth-order valence-electron chi connectivity index (χ4n) is 1.78. The van der Waals surface area contributed by atoms with E-state index in [0.717, 1.165) is 37.3 Å². The predicted molar refractivity (Wildman–Crippen MR) is 51.1 cm³/mol. The maximum atomic E-state index is 11.4. The second-order valence-electron chi connectivity index (χ2n) is 3.22. The van der Waals surface area contributed by atoms with E-state index in [1.807, 2.05) is 0 Å². The van der Waals surface area contributed by atoms with Crippen LogP contribution in [0, 0.1) is 0 Å². The third-order valence-electron chi connectivity index (χ3n) is 2.46. The second-order valence-corrected chi connectivity index (χ2v) is 3.22. The van der Waals surface area contributed by atoms with Crippen molar-refractivity contribution in [3.05, 3.63) is 22.2 Å². The van der Waals surface area contributed by atoms with Crippen molar-refractivity contribution in [2.45, 2.75) is 19.8 Å². The highest BCUT2D eigenvalue weighted by Gasteiger charge is 2.18. The summed E-state index contributed by atoms with van der Waals surface area (Å²) in [4.78, 5) is 20.4. The van der Waals surface area contributed by atoms with Crippen molar-refractivity contribution in [1.29, 1.82) is 0 Å². The van der Waals surface area contributed by atoms with Crippen molar-refractivity contribution in [1.82, 2.24) is 9.97 Å². The molecule has 0 unspecified atom stereocenters. The molecule has 1 aromatic heterocycles. The van der Waals surface area contributed by atoms with Crippen LogP contribution in [0.2, 0.25) is 0 Å². The monoisotopic (exact) mass is 179 g/mol. The van der Waals surface area contributed by atoms with Crippen molar-refractivity contribution in [2.24, 2.45) is 0 Å². The molecule has 0 amide bonds. The first kappa shape index (κ1) is 8.29. The average molecular weight is 179 g/mol. The van der Waals surface area contributed by atoms with Gasteiger partial charge in [-0.2, -0.15) is 0 Å². The Morgan fingerprint density at radius 2 is 2.54 bits per heavy atom. The molecule has 70 valence electrons. The van der Waals surface area contributed by atoms with Gasteiger partial charge in [0.1, 0.15) is 5.82 Å². The molecule has 4 nitrogen and oxygen atoms in total. The van der Waals surface area contributed by atoms with Crippen molar-refractivity contribution in [3.8, 4) is 0 Å². The molecule has 0 saturated carbocycles. The van der Waals surface area contributed by atoms with Crippen LogP contribution in [-0.4, -0.2) is 23.1 Å². The minimum Gasteiger partial charge on any atom is -0.356 e. The number of nitrogens with zero attached hydrogens (tertiary/aromatic N) is 2. The normalized spacial score (nSPS) is 15.6. The summed E-state index contributed by atoms with van der Waals surface area (Å²) in [5.74, 6) is 0.873. The lowest BCUT2D eigenvalue weighted by Crippen LogP contribution is -2.33. The molecule has 1 N–H and O–H groups in total. The van der Waals surface area contributed by atoms with Gasteiger partial charge in [0.05, 0.1) is 11.9 Å². The summed E-state index contributed by atoms with van der Waals surface area (Å²) in [6.45, 7) is 4.02. The summed E-state index contributed by atoms with van der Waals surface area (Å²) in [6.07, 6.45) is 3.39. The van der Waals surface area contributed by atoms with Gasteiger partial charge in [0.15, 0.2) is 0 Å². The summed E-state index contributed by atoms with van der Waals surface area (Å²) in [6, 6.07) is 0. The lowest BCUT2D eigenvalue weighted by molar-refractivity contribution is 0.684. The Morgan fingerprint density at radius 1 is 1.69 bits per heavy atom. The Bertz CT molecular complexity index is 358. The number of anilines is 1. The molecule has 1 aliphatic heterocycles. The standard InChI is InChI=1S/C9H13N3O/c1-2-12-5-3-4-7-8(12)10-6-11-9(7)13/h6H,2-5H2,1H3,(H,10,11,13). The molecule has 2 rings (SSSR count). The fraction of sp³-hybridized carbons (Fsp3) is 0.556. The van der Waals surface area contributed by atoms with Gasteiger partial charge in [0.25, 0.3) is 5.56 Å². The molecule has 13 heavy (non-hydrogen) atoms. The number of fused-ring (bicyclic) bond motifs is 1. The van der Waals surface area contributed by atoms with Gasteiger partial charge in [0.2, 0.25) is 0 Å². The zero-order valence-corrected chi connectivity index (χ0v) is 7.71. The van der Waals surface area contributed by atoms with Crippen LogP contribution in [0.4, 0.5) is 5.82 Å². The van der Waals surface area contributed by atoms with Crippen LogP contribution in [-0.2, 0) is 6.42 Å². The smallest absolute Gasteiger partial charge is 0.256 e. The zero-order valence-electron chi connectivity index (χ0n) is 7.71. The van der Waals surface area contributed by atoms with Crippen molar-refractivity contribution >= 4 is 5.82 Å². The maximum absolute atomic E-state index is 11.4. The van der Waals surface area contributed by atoms with Gasteiger partial charge in [-0.05, 0) is 19.8 Å². The van der Waals surface area contributed by atoms with Gasteiger partial charge in [-0.15, -0.1) is 0 Å². The molecule has 1 aromatic rings. The third-order valence-corrected chi connectivity index (χ3v) is 2.46. The third kappa shape index (κ3) is 1.32. The number of aromatic nitrogens is 2. The van der Waals surface area contributed by atoms with Crippen LogP contribution < -0.4 is 10.5 Å². The lowest BCUT2D eigenvalue weighted by atomic mass is 10.1. The first-order valence-corrected chi connectivity index (χ1v) is 4.64. The first-order valence-electron chi connectivity index (χ1n) is 4.64. The predicted octanol–water partition coefficient (Wildman–Crippen LogP) is 0.542. The molecule has 0 aromatic carbocycles. The van der Waals surface area contributed by atoms with Gasteiger partial charge >= 0.3 is 0 Å². The second kappa shape index (κ2) is 3.20. The molecule has 2 heterocycles. The van der Waals surface area contributed by atoms with Gasteiger partial charge in [0, 0.05) is 13.1 Å². The van der Waals surface area contributed by atoms with Crippen molar-refractivity contribution < 1.29 is 0 Å². The minimum absolute atomic E-state index is 0.0168. The van der Waals surface area contributed by atoms with Gasteiger partial charge in [-0.25, -0.2) is 4.98 Å². The molecule has 1 aliphatic rings. The van der Waals surface area contributed by atoms with E-state index in [2.05, 4.69) is 21.8 Å². The number of nitrogens with one attached hydrogen (secondary N) is 1. The number of H-pyrrole nitrogens is 1. The van der Waals surface area contributed by atoms with E-state index in [4.69, 9.17) is 0 Å². The van der Waals surface area contributed by atoms with Crippen LogP contribution in [0.5, 0.6) is 0 Å². The molecule has 0 saturated heterocycles. The van der Waals surface area contributed by atoms with E-state index >= 15 is 0 Å². The quantitative estimate of drug-likeness (QED) is 0.684. The van der Waals surface area contributed by atoms with E-state index in [1.54, 1.807) is 0 Å². The Labute approximate surface area is 76.6 Å². The molecule has 0 bridgehead atoms. The van der Waals surface area contributed by atoms with E-state index in [-0.39, 0.29) is 5.56 Å². The summed E-state index contributed by atoms with van der Waals surface area (Å²) >= 11 is 0. The lowest BCUT2D eigenvalue weighted by Gasteiger charge is -2.27.